The predicted molar refractivity (Wildman–Crippen MR) is 110 cm³/mol. The lowest BCUT2D eigenvalue weighted by molar-refractivity contribution is 0.0938. The quantitative estimate of drug-likeness (QED) is 0.261. The molecule has 1 aromatic rings. The van der Waals surface area contributed by atoms with E-state index in [4.69, 9.17) is 11.5 Å². The van der Waals surface area contributed by atoms with E-state index in [0.29, 0.717) is 12.1 Å². The highest BCUT2D eigenvalue weighted by atomic mass is 16.1. The van der Waals surface area contributed by atoms with E-state index in [1.54, 1.807) is 0 Å². The lowest BCUT2D eigenvalue weighted by Gasteiger charge is -2.14. The fourth-order valence-electron chi connectivity index (χ4n) is 2.46. The molecular weight excluding hydrogens is 324 g/mol. The molecule has 0 aliphatic heterocycles. The maximum absolute atomic E-state index is 12.5. The van der Waals surface area contributed by atoms with Crippen LogP contribution in [0.5, 0.6) is 0 Å². The van der Waals surface area contributed by atoms with Crippen molar-refractivity contribution in [2.75, 3.05) is 6.54 Å². The van der Waals surface area contributed by atoms with Crippen molar-refractivity contribution >= 4 is 11.9 Å². The summed E-state index contributed by atoms with van der Waals surface area (Å²) in [6.45, 7) is 8.37. The molecule has 0 aliphatic rings. The molecular formula is C21H30N4O. The summed E-state index contributed by atoms with van der Waals surface area (Å²) in [5, 5.41) is 3.02. The molecule has 0 heterocycles. The minimum atomic E-state index is -0.0706. The number of hydrogen-bond donors (Lipinski definition) is 3. The molecule has 5 nitrogen and oxygen atoms in total. The van der Waals surface area contributed by atoms with Crippen LogP contribution in [-0.2, 0) is 6.42 Å². The van der Waals surface area contributed by atoms with Crippen molar-refractivity contribution in [3.8, 4) is 0 Å². The molecule has 1 aromatic carbocycles. The van der Waals surface area contributed by atoms with Crippen LogP contribution in [0.1, 0.15) is 42.6 Å². The summed E-state index contributed by atoms with van der Waals surface area (Å²) < 4.78 is 0. The molecule has 0 aliphatic carbocycles. The summed E-state index contributed by atoms with van der Waals surface area (Å²) in [7, 11) is 0. The normalized spacial score (nSPS) is 12.6. The number of nitrogens with one attached hydrogen (secondary N) is 1. The van der Waals surface area contributed by atoms with Gasteiger partial charge < -0.3 is 16.8 Å². The molecule has 140 valence electrons. The molecule has 0 radical (unpaired) electrons. The first-order valence-electron chi connectivity index (χ1n) is 8.85. The minimum absolute atomic E-state index is 0.0543. The van der Waals surface area contributed by atoms with Gasteiger partial charge in [0, 0.05) is 18.2 Å². The van der Waals surface area contributed by atoms with E-state index in [1.165, 1.54) is 0 Å². The van der Waals surface area contributed by atoms with Gasteiger partial charge in [-0.2, -0.15) is 0 Å². The first kappa shape index (κ1) is 21.2. The highest BCUT2D eigenvalue weighted by Gasteiger charge is 2.10. The van der Waals surface area contributed by atoms with Crippen molar-refractivity contribution < 1.29 is 4.79 Å². The van der Waals surface area contributed by atoms with Crippen molar-refractivity contribution in [2.24, 2.45) is 16.5 Å². The van der Waals surface area contributed by atoms with Gasteiger partial charge in [0.05, 0.1) is 0 Å². The molecule has 0 saturated carbocycles. The number of guanidine groups is 1. The van der Waals surface area contributed by atoms with E-state index in [1.807, 2.05) is 62.4 Å². The van der Waals surface area contributed by atoms with Gasteiger partial charge >= 0.3 is 0 Å². The Balaban J connectivity index is 2.64. The van der Waals surface area contributed by atoms with E-state index in [-0.39, 0.29) is 17.9 Å². The highest BCUT2D eigenvalue weighted by molar-refractivity contribution is 5.94. The third-order valence-corrected chi connectivity index (χ3v) is 3.83. The van der Waals surface area contributed by atoms with Crippen LogP contribution in [0.2, 0.25) is 0 Å². The fraction of sp³-hybridized carbons (Fsp3) is 0.333. The van der Waals surface area contributed by atoms with Crippen LogP contribution >= 0.6 is 0 Å². The van der Waals surface area contributed by atoms with Gasteiger partial charge in [-0.1, -0.05) is 43.0 Å². The first-order valence-corrected chi connectivity index (χ1v) is 8.85. The average Bonchev–Trinajstić information content (AvgIpc) is 2.62. The Bertz CT molecular complexity index is 685. The number of nitrogens with two attached hydrogens (primary N) is 2. The SMILES string of the molecule is C=C/C(=C\C=C/C)Cc1cccc(C(=O)NC(C)CCCN=C(N)N)c1. The van der Waals surface area contributed by atoms with Gasteiger partial charge in [-0.3, -0.25) is 9.79 Å². The summed E-state index contributed by atoms with van der Waals surface area (Å²) >= 11 is 0. The second-order valence-electron chi connectivity index (χ2n) is 6.17. The number of hydrogen-bond acceptors (Lipinski definition) is 2. The van der Waals surface area contributed by atoms with Gasteiger partial charge in [-0.25, -0.2) is 0 Å². The van der Waals surface area contributed by atoms with Gasteiger partial charge in [0.25, 0.3) is 5.91 Å². The molecule has 0 spiro atoms. The number of benzene rings is 1. The number of carbonyl (C=O) groups is 1. The lowest BCUT2D eigenvalue weighted by Crippen LogP contribution is -2.32. The molecule has 1 amide bonds. The van der Waals surface area contributed by atoms with E-state index in [9.17, 15) is 4.79 Å². The van der Waals surface area contributed by atoms with Gasteiger partial charge in [0.1, 0.15) is 0 Å². The van der Waals surface area contributed by atoms with Crippen LogP contribution in [0.4, 0.5) is 0 Å². The number of aliphatic imine (C=N–C) groups is 1. The molecule has 1 atom stereocenters. The lowest BCUT2D eigenvalue weighted by atomic mass is 10.0. The highest BCUT2D eigenvalue weighted by Crippen LogP contribution is 2.12. The molecule has 26 heavy (non-hydrogen) atoms. The average molecular weight is 354 g/mol. The fourth-order valence-corrected chi connectivity index (χ4v) is 2.46. The smallest absolute Gasteiger partial charge is 0.251 e. The number of rotatable bonds is 10. The van der Waals surface area contributed by atoms with Gasteiger partial charge in [0.2, 0.25) is 0 Å². The number of carbonyl (C=O) groups excluding carboxylic acids is 1. The topological polar surface area (TPSA) is 93.5 Å². The molecule has 5 N–H and O–H groups in total. The van der Waals surface area contributed by atoms with Crippen molar-refractivity contribution in [1.29, 1.82) is 0 Å². The summed E-state index contributed by atoms with van der Waals surface area (Å²) in [5.41, 5.74) is 13.4. The zero-order valence-corrected chi connectivity index (χ0v) is 15.7. The maximum atomic E-state index is 12.5. The second kappa shape index (κ2) is 11.7. The zero-order chi connectivity index (χ0) is 19.4. The number of amides is 1. The number of nitrogens with zero attached hydrogens (tertiary/aromatic N) is 1. The van der Waals surface area contributed by atoms with E-state index in [0.717, 1.165) is 30.4 Å². The van der Waals surface area contributed by atoms with Crippen LogP contribution in [-0.4, -0.2) is 24.5 Å². The van der Waals surface area contributed by atoms with Crippen LogP contribution in [0, 0.1) is 0 Å². The van der Waals surface area contributed by atoms with Crippen LogP contribution in [0.15, 0.2) is 65.7 Å². The Kier molecular flexibility index (Phi) is 9.54. The monoisotopic (exact) mass is 354 g/mol. The Morgan fingerprint density at radius 3 is 2.81 bits per heavy atom. The first-order chi connectivity index (χ1) is 12.5. The summed E-state index contributed by atoms with van der Waals surface area (Å²) in [6.07, 6.45) is 10.2. The second-order valence-corrected chi connectivity index (χ2v) is 6.17. The Hall–Kier alpha value is -2.82. The molecule has 1 rings (SSSR count). The summed E-state index contributed by atoms with van der Waals surface area (Å²) in [5.74, 6) is 0.0275. The molecule has 0 bridgehead atoms. The van der Waals surface area contributed by atoms with Gasteiger partial charge in [-0.15, -0.1) is 0 Å². The standard InChI is InChI=1S/C21H30N4O/c1-4-6-10-17(5-2)14-18-11-7-12-19(15-18)20(26)25-16(3)9-8-13-24-21(22)23/h4-7,10-12,15-16H,2,8-9,13-14H2,1,3H3,(H,25,26)(H4,22,23,24)/b6-4-,17-10+. The van der Waals surface area contributed by atoms with Crippen LogP contribution in [0.3, 0.4) is 0 Å². The Morgan fingerprint density at radius 1 is 1.38 bits per heavy atom. The molecule has 0 fully saturated rings. The van der Waals surface area contributed by atoms with Crippen molar-refractivity contribution in [2.45, 2.75) is 39.2 Å². The predicted octanol–water partition coefficient (Wildman–Crippen LogP) is 3.09. The Labute approximate surface area is 156 Å². The zero-order valence-electron chi connectivity index (χ0n) is 15.7. The molecule has 0 aromatic heterocycles. The molecule has 1 unspecified atom stereocenters. The maximum Gasteiger partial charge on any atom is 0.251 e. The largest absolute Gasteiger partial charge is 0.370 e. The van der Waals surface area contributed by atoms with Gasteiger partial charge in [0.15, 0.2) is 5.96 Å². The Morgan fingerprint density at radius 2 is 2.15 bits per heavy atom. The summed E-state index contributed by atoms with van der Waals surface area (Å²) in [4.78, 5) is 16.4. The molecule has 0 saturated heterocycles. The van der Waals surface area contributed by atoms with E-state index < -0.39 is 0 Å². The van der Waals surface area contributed by atoms with Crippen molar-refractivity contribution in [3.63, 3.8) is 0 Å². The van der Waals surface area contributed by atoms with Crippen molar-refractivity contribution in [3.05, 3.63) is 71.8 Å². The van der Waals surface area contributed by atoms with Crippen molar-refractivity contribution in [1.82, 2.24) is 5.32 Å². The van der Waals surface area contributed by atoms with Gasteiger partial charge in [-0.05, 0) is 56.4 Å². The third-order valence-electron chi connectivity index (χ3n) is 3.83. The molecule has 5 heteroatoms. The third kappa shape index (κ3) is 8.33. The van der Waals surface area contributed by atoms with E-state index in [2.05, 4.69) is 16.9 Å². The van der Waals surface area contributed by atoms with E-state index >= 15 is 0 Å². The minimum Gasteiger partial charge on any atom is -0.370 e. The van der Waals surface area contributed by atoms with Crippen LogP contribution < -0.4 is 16.8 Å². The van der Waals surface area contributed by atoms with Crippen LogP contribution in [0.25, 0.3) is 0 Å². The summed E-state index contributed by atoms with van der Waals surface area (Å²) in [6, 6.07) is 7.73. The number of allylic oxidation sites excluding steroid dienone is 5.